The van der Waals surface area contributed by atoms with Gasteiger partial charge in [-0.1, -0.05) is 42.5 Å². The van der Waals surface area contributed by atoms with E-state index in [1.54, 1.807) is 54.2 Å². The molecule has 7 nitrogen and oxygen atoms in total. The van der Waals surface area contributed by atoms with Gasteiger partial charge in [0.15, 0.2) is 11.0 Å². The number of ether oxygens (including phenoxy) is 1. The zero-order valence-electron chi connectivity index (χ0n) is 21.1. The minimum Gasteiger partial charge on any atom is -0.496 e. The van der Waals surface area contributed by atoms with Gasteiger partial charge in [0.2, 0.25) is 0 Å². The fraction of sp³-hybridized carbons (Fsp3) is 0.233. The van der Waals surface area contributed by atoms with Gasteiger partial charge >= 0.3 is 0 Å². The van der Waals surface area contributed by atoms with E-state index in [0.29, 0.717) is 59.8 Å². The lowest BCUT2D eigenvalue weighted by Crippen LogP contribution is -2.50. The quantitative estimate of drug-likeness (QED) is 0.410. The highest BCUT2D eigenvalue weighted by Gasteiger charge is 2.28. The number of piperazine rings is 1. The maximum atomic E-state index is 13.6. The van der Waals surface area contributed by atoms with E-state index in [1.165, 1.54) is 0 Å². The van der Waals surface area contributed by atoms with Crippen molar-refractivity contribution < 1.29 is 18.7 Å². The van der Waals surface area contributed by atoms with Crippen molar-refractivity contribution in [3.05, 3.63) is 99.2 Å². The van der Waals surface area contributed by atoms with Crippen LogP contribution < -0.4 is 10.2 Å². The van der Waals surface area contributed by atoms with E-state index >= 15 is 0 Å². The first kappa shape index (κ1) is 24.3. The average molecular weight is 497 g/mol. The van der Waals surface area contributed by atoms with E-state index in [-0.39, 0.29) is 22.8 Å². The molecule has 0 unspecified atom stereocenters. The van der Waals surface area contributed by atoms with Crippen LogP contribution in [0, 0.1) is 13.8 Å². The largest absolute Gasteiger partial charge is 0.496 e. The molecular formula is C30H28N2O5. The Kier molecular flexibility index (Phi) is 6.53. The number of nitrogens with zero attached hydrogens (tertiary/aromatic N) is 2. The van der Waals surface area contributed by atoms with Gasteiger partial charge in [-0.2, -0.15) is 0 Å². The first-order valence-electron chi connectivity index (χ1n) is 12.2. The Hall–Kier alpha value is -4.39. The third kappa shape index (κ3) is 4.48. The van der Waals surface area contributed by atoms with Crippen LogP contribution in [0.1, 0.15) is 31.8 Å². The number of rotatable bonds is 4. The van der Waals surface area contributed by atoms with E-state index in [1.807, 2.05) is 43.3 Å². The molecule has 3 aromatic carbocycles. The highest BCUT2D eigenvalue weighted by atomic mass is 16.5. The minimum absolute atomic E-state index is 0.0930. The monoisotopic (exact) mass is 496 g/mol. The molecule has 4 aromatic rings. The van der Waals surface area contributed by atoms with Gasteiger partial charge in [-0.3, -0.25) is 14.4 Å². The number of fused-ring (bicyclic) bond motifs is 1. The van der Waals surface area contributed by atoms with E-state index in [9.17, 15) is 14.4 Å². The van der Waals surface area contributed by atoms with Gasteiger partial charge in [0, 0.05) is 42.9 Å². The summed E-state index contributed by atoms with van der Waals surface area (Å²) in [5, 5.41) is 0.380. The van der Waals surface area contributed by atoms with Crippen molar-refractivity contribution in [1.29, 1.82) is 0 Å². The predicted molar refractivity (Wildman–Crippen MR) is 142 cm³/mol. The number of hydrogen-bond donors (Lipinski definition) is 0. The summed E-state index contributed by atoms with van der Waals surface area (Å²) in [7, 11) is 1.58. The number of carbonyl (C=O) groups excluding carboxylic acids is 2. The molecule has 0 atom stereocenters. The van der Waals surface area contributed by atoms with Crippen LogP contribution in [0.4, 0.5) is 0 Å². The highest BCUT2D eigenvalue weighted by molar-refractivity contribution is 6.05. The molecule has 1 aromatic heterocycles. The van der Waals surface area contributed by atoms with Crippen LogP contribution >= 0.6 is 0 Å². The molecule has 1 fully saturated rings. The molecule has 5 rings (SSSR count). The molecule has 1 saturated heterocycles. The molecule has 0 N–H and O–H groups in total. The topological polar surface area (TPSA) is 80.1 Å². The maximum absolute atomic E-state index is 13.6. The summed E-state index contributed by atoms with van der Waals surface area (Å²) in [4.78, 5) is 43.2. The lowest BCUT2D eigenvalue weighted by Gasteiger charge is -2.35. The molecule has 0 bridgehead atoms. The SMILES string of the molecule is COc1cc(C(=O)N2CCN(C(=O)c3cccc4c(=O)c(C)c(-c5ccccc5)oc34)CC2)ccc1C. The van der Waals surface area contributed by atoms with Crippen molar-refractivity contribution in [2.24, 2.45) is 0 Å². The maximum Gasteiger partial charge on any atom is 0.257 e. The third-order valence-electron chi connectivity index (χ3n) is 6.92. The molecule has 1 aliphatic heterocycles. The summed E-state index contributed by atoms with van der Waals surface area (Å²) in [6.07, 6.45) is 0. The first-order chi connectivity index (χ1) is 17.9. The second-order valence-corrected chi connectivity index (χ2v) is 9.20. The van der Waals surface area contributed by atoms with Gasteiger partial charge in [-0.25, -0.2) is 0 Å². The first-order valence-corrected chi connectivity index (χ1v) is 12.2. The normalized spacial score (nSPS) is 13.6. The van der Waals surface area contributed by atoms with E-state index in [2.05, 4.69) is 0 Å². The van der Waals surface area contributed by atoms with Crippen LogP contribution in [-0.4, -0.2) is 54.9 Å². The summed E-state index contributed by atoms with van der Waals surface area (Å²) in [5.74, 6) is 0.815. The smallest absolute Gasteiger partial charge is 0.257 e. The van der Waals surface area contributed by atoms with Gasteiger partial charge in [0.25, 0.3) is 11.8 Å². The third-order valence-corrected chi connectivity index (χ3v) is 6.92. The Labute approximate surface area is 214 Å². The zero-order chi connectivity index (χ0) is 26.1. The van der Waals surface area contributed by atoms with E-state index < -0.39 is 0 Å². The molecule has 37 heavy (non-hydrogen) atoms. The molecular weight excluding hydrogens is 468 g/mol. The van der Waals surface area contributed by atoms with Crippen molar-refractivity contribution in [3.8, 4) is 17.1 Å². The Morgan fingerprint density at radius 2 is 1.51 bits per heavy atom. The zero-order valence-corrected chi connectivity index (χ0v) is 21.1. The molecule has 188 valence electrons. The van der Waals surface area contributed by atoms with Crippen molar-refractivity contribution in [3.63, 3.8) is 0 Å². The van der Waals surface area contributed by atoms with E-state index in [0.717, 1.165) is 11.1 Å². The van der Waals surface area contributed by atoms with Gasteiger partial charge in [0.05, 0.1) is 18.1 Å². The second kappa shape index (κ2) is 9.93. The van der Waals surface area contributed by atoms with Crippen LogP contribution in [0.25, 0.3) is 22.3 Å². The van der Waals surface area contributed by atoms with Crippen molar-refractivity contribution in [2.45, 2.75) is 13.8 Å². The lowest BCUT2D eigenvalue weighted by molar-refractivity contribution is 0.0535. The van der Waals surface area contributed by atoms with Gasteiger partial charge in [-0.05, 0) is 43.7 Å². The van der Waals surface area contributed by atoms with Gasteiger partial charge in [-0.15, -0.1) is 0 Å². The van der Waals surface area contributed by atoms with Crippen molar-refractivity contribution >= 4 is 22.8 Å². The van der Waals surface area contributed by atoms with E-state index in [4.69, 9.17) is 9.15 Å². The number of benzene rings is 3. The summed E-state index contributed by atoms with van der Waals surface area (Å²) >= 11 is 0. The summed E-state index contributed by atoms with van der Waals surface area (Å²) in [6, 6.07) is 19.9. The number of para-hydroxylation sites is 1. The highest BCUT2D eigenvalue weighted by Crippen LogP contribution is 2.28. The Balaban J connectivity index is 1.39. The fourth-order valence-corrected chi connectivity index (χ4v) is 4.76. The van der Waals surface area contributed by atoms with Crippen LogP contribution in [0.2, 0.25) is 0 Å². The molecule has 2 amide bonds. The molecule has 0 spiro atoms. The van der Waals surface area contributed by atoms with Crippen LogP contribution in [0.5, 0.6) is 5.75 Å². The van der Waals surface area contributed by atoms with Gasteiger partial charge in [0.1, 0.15) is 11.5 Å². The Bertz CT molecular complexity index is 1550. The summed E-state index contributed by atoms with van der Waals surface area (Å²) in [5.41, 5.74) is 3.27. The second-order valence-electron chi connectivity index (χ2n) is 9.20. The Morgan fingerprint density at radius 3 is 2.19 bits per heavy atom. The average Bonchev–Trinajstić information content (AvgIpc) is 2.94. The molecule has 0 radical (unpaired) electrons. The van der Waals surface area contributed by atoms with Crippen LogP contribution in [0.3, 0.4) is 0 Å². The molecule has 1 aliphatic rings. The minimum atomic E-state index is -0.222. The van der Waals surface area contributed by atoms with Crippen LogP contribution in [0.15, 0.2) is 75.9 Å². The predicted octanol–water partition coefficient (Wildman–Crippen LogP) is 4.68. The molecule has 7 heteroatoms. The number of carbonyl (C=O) groups is 2. The van der Waals surface area contributed by atoms with Crippen molar-refractivity contribution in [1.82, 2.24) is 9.80 Å². The lowest BCUT2D eigenvalue weighted by atomic mass is 10.0. The number of amides is 2. The number of aryl methyl sites for hydroxylation is 1. The molecule has 0 saturated carbocycles. The van der Waals surface area contributed by atoms with Gasteiger partial charge < -0.3 is 19.0 Å². The Morgan fingerprint density at radius 1 is 0.838 bits per heavy atom. The van der Waals surface area contributed by atoms with Crippen molar-refractivity contribution in [2.75, 3.05) is 33.3 Å². The number of methoxy groups -OCH3 is 1. The summed E-state index contributed by atoms with van der Waals surface area (Å²) in [6.45, 7) is 5.24. The fourth-order valence-electron chi connectivity index (χ4n) is 4.76. The number of hydrogen-bond acceptors (Lipinski definition) is 5. The van der Waals surface area contributed by atoms with Crippen LogP contribution in [-0.2, 0) is 0 Å². The standard InChI is InChI=1S/C30H28N2O5/c1-19-12-13-22(18-25(19)36-3)29(34)31-14-16-32(17-15-31)30(35)24-11-7-10-23-26(33)20(2)27(37-28(23)24)21-8-5-4-6-9-21/h4-13,18H,14-17H2,1-3H3. The molecule has 0 aliphatic carbocycles. The summed E-state index contributed by atoms with van der Waals surface area (Å²) < 4.78 is 11.6. The molecule has 2 heterocycles.